The Labute approximate surface area is 107 Å². The number of hydrogen-bond acceptors (Lipinski definition) is 1. The summed E-state index contributed by atoms with van der Waals surface area (Å²) in [6.07, 6.45) is 1.22. The van der Waals surface area contributed by atoms with Crippen LogP contribution in [-0.2, 0) is 11.3 Å². The third-order valence-corrected chi connectivity index (χ3v) is 3.69. The highest BCUT2D eigenvalue weighted by Crippen LogP contribution is 2.14. The molecule has 0 saturated heterocycles. The predicted molar refractivity (Wildman–Crippen MR) is 72.8 cm³/mol. The Balaban J connectivity index is 2.15. The topological polar surface area (TPSA) is 9.23 Å². The van der Waals surface area contributed by atoms with Crippen molar-refractivity contribution in [3.05, 3.63) is 35.9 Å². The summed E-state index contributed by atoms with van der Waals surface area (Å²) in [4.78, 5) is 0. The first-order valence-electron chi connectivity index (χ1n) is 5.90. The maximum absolute atomic E-state index is 5.71. The number of benzene rings is 1. The zero-order valence-electron chi connectivity index (χ0n) is 10.2. The molecule has 90 valence electrons. The minimum absolute atomic E-state index is 0.635. The number of ether oxygens (including phenoxy) is 1. The molecule has 1 rings (SSSR count). The lowest BCUT2D eigenvalue weighted by Gasteiger charge is -2.15. The van der Waals surface area contributed by atoms with Crippen molar-refractivity contribution in [3.63, 3.8) is 0 Å². The van der Waals surface area contributed by atoms with Gasteiger partial charge in [0.15, 0.2) is 0 Å². The predicted octanol–water partition coefficient (Wildman–Crippen LogP) is 4.26. The molecule has 0 bridgehead atoms. The fourth-order valence-electron chi connectivity index (χ4n) is 1.77. The molecular formula is C14H21BrO. The largest absolute Gasteiger partial charge is 0.376 e. The van der Waals surface area contributed by atoms with Crippen molar-refractivity contribution >= 4 is 15.9 Å². The highest BCUT2D eigenvalue weighted by Gasteiger charge is 2.07. The van der Waals surface area contributed by atoms with Gasteiger partial charge >= 0.3 is 0 Å². The van der Waals surface area contributed by atoms with Crippen LogP contribution in [0.1, 0.15) is 25.8 Å². The van der Waals surface area contributed by atoms with Crippen LogP contribution in [-0.4, -0.2) is 11.9 Å². The van der Waals surface area contributed by atoms with Crippen molar-refractivity contribution in [3.8, 4) is 0 Å². The minimum Gasteiger partial charge on any atom is -0.376 e. The van der Waals surface area contributed by atoms with E-state index < -0.39 is 0 Å². The molecule has 16 heavy (non-hydrogen) atoms. The van der Waals surface area contributed by atoms with E-state index in [-0.39, 0.29) is 0 Å². The zero-order chi connectivity index (χ0) is 11.8. The molecule has 1 aromatic carbocycles. The van der Waals surface area contributed by atoms with Gasteiger partial charge in [-0.25, -0.2) is 0 Å². The van der Waals surface area contributed by atoms with Crippen molar-refractivity contribution < 1.29 is 4.74 Å². The van der Waals surface area contributed by atoms with Gasteiger partial charge in [0, 0.05) is 11.9 Å². The lowest BCUT2D eigenvalue weighted by molar-refractivity contribution is 0.0859. The van der Waals surface area contributed by atoms with Gasteiger partial charge in [0.05, 0.1) is 6.61 Å². The number of halogens is 1. The molecule has 0 amide bonds. The average Bonchev–Trinajstić information content (AvgIpc) is 2.30. The Hall–Kier alpha value is -0.340. The first-order chi connectivity index (χ1) is 7.72. The SMILES string of the molecule is CC(CBr)CC(C)COCc1ccccc1. The molecule has 0 heterocycles. The van der Waals surface area contributed by atoms with E-state index >= 15 is 0 Å². The molecule has 2 heteroatoms. The van der Waals surface area contributed by atoms with Crippen LogP contribution in [0.2, 0.25) is 0 Å². The van der Waals surface area contributed by atoms with Gasteiger partial charge in [-0.15, -0.1) is 0 Å². The van der Waals surface area contributed by atoms with Crippen LogP contribution in [0.25, 0.3) is 0 Å². The quantitative estimate of drug-likeness (QED) is 0.680. The fraction of sp³-hybridized carbons (Fsp3) is 0.571. The van der Waals surface area contributed by atoms with Crippen LogP contribution in [0.5, 0.6) is 0 Å². The number of hydrogen-bond donors (Lipinski definition) is 0. The highest BCUT2D eigenvalue weighted by molar-refractivity contribution is 9.09. The number of rotatable bonds is 7. The summed E-state index contributed by atoms with van der Waals surface area (Å²) in [5.74, 6) is 1.37. The molecule has 0 fully saturated rings. The van der Waals surface area contributed by atoms with E-state index in [9.17, 15) is 0 Å². The smallest absolute Gasteiger partial charge is 0.0717 e. The minimum atomic E-state index is 0.635. The summed E-state index contributed by atoms with van der Waals surface area (Å²) in [6.45, 7) is 6.10. The molecule has 0 aliphatic carbocycles. The lowest BCUT2D eigenvalue weighted by atomic mass is 10.00. The van der Waals surface area contributed by atoms with Gasteiger partial charge in [-0.1, -0.05) is 60.1 Å². The van der Waals surface area contributed by atoms with E-state index in [4.69, 9.17) is 4.74 Å². The zero-order valence-corrected chi connectivity index (χ0v) is 11.7. The average molecular weight is 285 g/mol. The Morgan fingerprint density at radius 1 is 1.12 bits per heavy atom. The third-order valence-electron chi connectivity index (χ3n) is 2.58. The van der Waals surface area contributed by atoms with E-state index in [2.05, 4.69) is 54.0 Å². The standard InChI is InChI=1S/C14H21BrO/c1-12(9-15)8-13(2)10-16-11-14-6-4-3-5-7-14/h3-7,12-13H,8-11H2,1-2H3. The molecule has 0 saturated carbocycles. The second-order valence-corrected chi connectivity index (χ2v) is 5.25. The second-order valence-electron chi connectivity index (χ2n) is 4.60. The van der Waals surface area contributed by atoms with E-state index in [0.717, 1.165) is 24.5 Å². The Morgan fingerprint density at radius 2 is 1.81 bits per heavy atom. The van der Waals surface area contributed by atoms with Gasteiger partial charge in [0.25, 0.3) is 0 Å². The summed E-state index contributed by atoms with van der Waals surface area (Å²) < 4.78 is 5.71. The van der Waals surface area contributed by atoms with Crippen LogP contribution in [0.15, 0.2) is 30.3 Å². The summed E-state index contributed by atoms with van der Waals surface area (Å²) in [5, 5.41) is 1.08. The molecule has 1 aromatic rings. The Morgan fingerprint density at radius 3 is 2.44 bits per heavy atom. The van der Waals surface area contributed by atoms with Crippen LogP contribution < -0.4 is 0 Å². The molecule has 0 spiro atoms. The molecule has 1 nitrogen and oxygen atoms in total. The highest BCUT2D eigenvalue weighted by atomic mass is 79.9. The molecule has 0 N–H and O–H groups in total. The van der Waals surface area contributed by atoms with E-state index in [1.54, 1.807) is 0 Å². The molecule has 0 aliphatic heterocycles. The van der Waals surface area contributed by atoms with Crippen molar-refractivity contribution in [2.45, 2.75) is 26.9 Å². The Kier molecular flexibility index (Phi) is 6.74. The molecular weight excluding hydrogens is 264 g/mol. The van der Waals surface area contributed by atoms with Gasteiger partial charge < -0.3 is 4.74 Å². The maximum Gasteiger partial charge on any atom is 0.0717 e. The summed E-state index contributed by atoms with van der Waals surface area (Å²) >= 11 is 3.51. The first kappa shape index (κ1) is 13.7. The van der Waals surface area contributed by atoms with Crippen LogP contribution >= 0.6 is 15.9 Å². The van der Waals surface area contributed by atoms with Crippen molar-refractivity contribution in [2.75, 3.05) is 11.9 Å². The molecule has 0 aromatic heterocycles. The summed E-state index contributed by atoms with van der Waals surface area (Å²) in [5.41, 5.74) is 1.25. The summed E-state index contributed by atoms with van der Waals surface area (Å²) in [6, 6.07) is 10.3. The second kappa shape index (κ2) is 7.86. The first-order valence-corrected chi connectivity index (χ1v) is 7.02. The molecule has 2 atom stereocenters. The molecule has 2 unspecified atom stereocenters. The fourth-order valence-corrected chi connectivity index (χ4v) is 2.03. The van der Waals surface area contributed by atoms with Crippen molar-refractivity contribution in [1.82, 2.24) is 0 Å². The van der Waals surface area contributed by atoms with Crippen LogP contribution in [0.4, 0.5) is 0 Å². The van der Waals surface area contributed by atoms with Gasteiger partial charge in [-0.2, -0.15) is 0 Å². The van der Waals surface area contributed by atoms with Gasteiger partial charge in [0.2, 0.25) is 0 Å². The van der Waals surface area contributed by atoms with Crippen LogP contribution in [0, 0.1) is 11.8 Å². The van der Waals surface area contributed by atoms with E-state index in [0.29, 0.717) is 5.92 Å². The summed E-state index contributed by atoms with van der Waals surface area (Å²) in [7, 11) is 0. The Bertz CT molecular complexity index is 273. The third kappa shape index (κ3) is 5.66. The van der Waals surface area contributed by atoms with E-state index in [1.165, 1.54) is 12.0 Å². The lowest BCUT2D eigenvalue weighted by Crippen LogP contribution is -2.10. The molecule has 0 radical (unpaired) electrons. The van der Waals surface area contributed by atoms with Crippen molar-refractivity contribution in [2.24, 2.45) is 11.8 Å². The number of alkyl halides is 1. The molecule has 0 aliphatic rings. The monoisotopic (exact) mass is 284 g/mol. The van der Waals surface area contributed by atoms with Gasteiger partial charge in [0.1, 0.15) is 0 Å². The van der Waals surface area contributed by atoms with Gasteiger partial charge in [-0.05, 0) is 23.8 Å². The van der Waals surface area contributed by atoms with Crippen LogP contribution in [0.3, 0.4) is 0 Å². The maximum atomic E-state index is 5.71. The van der Waals surface area contributed by atoms with Crippen molar-refractivity contribution in [1.29, 1.82) is 0 Å². The normalized spacial score (nSPS) is 14.7. The van der Waals surface area contributed by atoms with E-state index in [1.807, 2.05) is 6.07 Å². The van der Waals surface area contributed by atoms with Gasteiger partial charge in [-0.3, -0.25) is 0 Å².